The summed E-state index contributed by atoms with van der Waals surface area (Å²) >= 11 is 0. The Morgan fingerprint density at radius 1 is 1.40 bits per heavy atom. The maximum atomic E-state index is 9.93. The van der Waals surface area contributed by atoms with Gasteiger partial charge in [-0.15, -0.1) is 0 Å². The van der Waals surface area contributed by atoms with Gasteiger partial charge in [-0.05, 0) is 37.8 Å². The minimum atomic E-state index is 0.194. The van der Waals surface area contributed by atoms with Gasteiger partial charge >= 0.3 is 0 Å². The predicted octanol–water partition coefficient (Wildman–Crippen LogP) is 1.47. The molecule has 0 saturated carbocycles. The van der Waals surface area contributed by atoms with Crippen LogP contribution in [0.2, 0.25) is 0 Å². The molecule has 0 aromatic rings. The third kappa shape index (κ3) is 4.76. The lowest BCUT2D eigenvalue weighted by molar-refractivity contribution is -0.111. The third-order valence-electron chi connectivity index (χ3n) is 3.20. The predicted molar refractivity (Wildman–Crippen MR) is 60.8 cm³/mol. The molecular weight excluding hydrogens is 190 g/mol. The standard InChI is InChI=1S/C7H15N.C5H8O2/c1-6(2)7-3-4-8-5-7;6-3-5-1-2-7-4-5/h6-8H,3-5H2,1-2H3;3,5H,1-2,4H2. The van der Waals surface area contributed by atoms with Crippen LogP contribution in [0.25, 0.3) is 0 Å². The van der Waals surface area contributed by atoms with Crippen LogP contribution in [0.4, 0.5) is 0 Å². The van der Waals surface area contributed by atoms with Gasteiger partial charge in [0, 0.05) is 12.5 Å². The zero-order valence-corrected chi connectivity index (χ0v) is 9.87. The Morgan fingerprint density at radius 3 is 2.47 bits per heavy atom. The number of carbonyl (C=O) groups excluding carboxylic acids is 1. The molecule has 0 spiro atoms. The van der Waals surface area contributed by atoms with Crippen molar-refractivity contribution in [2.75, 3.05) is 26.3 Å². The van der Waals surface area contributed by atoms with Gasteiger partial charge in [-0.3, -0.25) is 0 Å². The van der Waals surface area contributed by atoms with Gasteiger partial charge in [0.05, 0.1) is 6.61 Å². The summed E-state index contributed by atoms with van der Waals surface area (Å²) in [6, 6.07) is 0. The fraction of sp³-hybridized carbons (Fsp3) is 0.917. The summed E-state index contributed by atoms with van der Waals surface area (Å²) in [4.78, 5) is 9.93. The van der Waals surface area contributed by atoms with Gasteiger partial charge in [0.15, 0.2) is 0 Å². The van der Waals surface area contributed by atoms with Gasteiger partial charge in [-0.2, -0.15) is 0 Å². The average molecular weight is 213 g/mol. The molecule has 2 aliphatic rings. The number of nitrogens with one attached hydrogen (secondary N) is 1. The monoisotopic (exact) mass is 213 g/mol. The molecule has 2 saturated heterocycles. The van der Waals surface area contributed by atoms with Crippen molar-refractivity contribution in [3.05, 3.63) is 0 Å². The smallest absolute Gasteiger partial charge is 0.125 e. The van der Waals surface area contributed by atoms with Crippen LogP contribution in [0.1, 0.15) is 26.7 Å². The zero-order valence-electron chi connectivity index (χ0n) is 9.87. The van der Waals surface area contributed by atoms with Crippen molar-refractivity contribution in [2.45, 2.75) is 26.7 Å². The van der Waals surface area contributed by atoms with E-state index in [4.69, 9.17) is 4.74 Å². The highest BCUT2D eigenvalue weighted by Crippen LogP contribution is 2.16. The number of hydrogen-bond donors (Lipinski definition) is 1. The second-order valence-electron chi connectivity index (χ2n) is 4.76. The minimum Gasteiger partial charge on any atom is -0.381 e. The van der Waals surface area contributed by atoms with E-state index in [0.29, 0.717) is 6.61 Å². The molecule has 0 aromatic heterocycles. The molecule has 0 radical (unpaired) electrons. The van der Waals surface area contributed by atoms with E-state index in [2.05, 4.69) is 19.2 Å². The molecule has 0 amide bonds. The summed E-state index contributed by atoms with van der Waals surface area (Å²) in [6.45, 7) is 8.50. The Labute approximate surface area is 92.6 Å². The van der Waals surface area contributed by atoms with E-state index >= 15 is 0 Å². The lowest BCUT2D eigenvalue weighted by atomic mass is 9.96. The fourth-order valence-corrected chi connectivity index (χ4v) is 1.91. The normalized spacial score (nSPS) is 30.1. The quantitative estimate of drug-likeness (QED) is 0.706. The average Bonchev–Trinajstić information content (AvgIpc) is 2.92. The van der Waals surface area contributed by atoms with Gasteiger partial charge in [-0.1, -0.05) is 13.8 Å². The maximum Gasteiger partial charge on any atom is 0.125 e. The molecule has 2 aliphatic heterocycles. The van der Waals surface area contributed by atoms with E-state index < -0.39 is 0 Å². The zero-order chi connectivity index (χ0) is 11.1. The Bertz CT molecular complexity index is 170. The van der Waals surface area contributed by atoms with Crippen molar-refractivity contribution in [3.63, 3.8) is 0 Å². The SMILES string of the molecule is CC(C)C1CCNC1.O=CC1CCOC1. The highest BCUT2D eigenvalue weighted by molar-refractivity contribution is 5.53. The number of ether oxygens (including phenoxy) is 1. The summed E-state index contributed by atoms with van der Waals surface area (Å²) in [5.41, 5.74) is 0. The molecule has 2 rings (SSSR count). The summed E-state index contributed by atoms with van der Waals surface area (Å²) in [7, 11) is 0. The van der Waals surface area contributed by atoms with Gasteiger partial charge in [0.25, 0.3) is 0 Å². The van der Waals surface area contributed by atoms with E-state index in [0.717, 1.165) is 31.1 Å². The molecule has 0 aliphatic carbocycles. The van der Waals surface area contributed by atoms with Crippen LogP contribution >= 0.6 is 0 Å². The molecule has 3 nitrogen and oxygen atoms in total. The fourth-order valence-electron chi connectivity index (χ4n) is 1.91. The third-order valence-corrected chi connectivity index (χ3v) is 3.20. The van der Waals surface area contributed by atoms with Gasteiger partial charge in [0.2, 0.25) is 0 Å². The molecule has 3 heteroatoms. The molecule has 0 aromatic carbocycles. The van der Waals surface area contributed by atoms with Crippen LogP contribution in [0.5, 0.6) is 0 Å². The first-order chi connectivity index (χ1) is 7.24. The van der Waals surface area contributed by atoms with Crippen LogP contribution in [0.15, 0.2) is 0 Å². The van der Waals surface area contributed by atoms with Crippen molar-refractivity contribution in [3.8, 4) is 0 Å². The molecule has 15 heavy (non-hydrogen) atoms. The van der Waals surface area contributed by atoms with Crippen molar-refractivity contribution >= 4 is 6.29 Å². The van der Waals surface area contributed by atoms with E-state index in [9.17, 15) is 4.79 Å². The highest BCUT2D eigenvalue weighted by Gasteiger charge is 2.16. The maximum absolute atomic E-state index is 9.93. The van der Waals surface area contributed by atoms with Crippen molar-refractivity contribution in [1.29, 1.82) is 0 Å². The van der Waals surface area contributed by atoms with Crippen molar-refractivity contribution in [2.24, 2.45) is 17.8 Å². The Morgan fingerprint density at radius 2 is 2.20 bits per heavy atom. The van der Waals surface area contributed by atoms with Crippen molar-refractivity contribution in [1.82, 2.24) is 5.32 Å². The summed E-state index contributed by atoms with van der Waals surface area (Å²) in [5.74, 6) is 2.03. The molecule has 1 N–H and O–H groups in total. The number of carbonyl (C=O) groups is 1. The van der Waals surface area contributed by atoms with Crippen LogP contribution in [-0.4, -0.2) is 32.6 Å². The molecule has 2 unspecified atom stereocenters. The van der Waals surface area contributed by atoms with Crippen LogP contribution < -0.4 is 5.32 Å². The Hall–Kier alpha value is -0.410. The van der Waals surface area contributed by atoms with Crippen LogP contribution in [0, 0.1) is 17.8 Å². The minimum absolute atomic E-state index is 0.194. The summed E-state index contributed by atoms with van der Waals surface area (Å²) < 4.78 is 4.92. The van der Waals surface area contributed by atoms with Gasteiger partial charge < -0.3 is 14.8 Å². The lowest BCUT2D eigenvalue weighted by Gasteiger charge is -2.10. The van der Waals surface area contributed by atoms with Crippen LogP contribution in [0.3, 0.4) is 0 Å². The Kier molecular flexibility index (Phi) is 5.88. The lowest BCUT2D eigenvalue weighted by Crippen LogP contribution is -2.12. The molecule has 88 valence electrons. The summed E-state index contributed by atoms with van der Waals surface area (Å²) in [6.07, 6.45) is 3.27. The van der Waals surface area contributed by atoms with E-state index in [1.165, 1.54) is 19.5 Å². The number of hydrogen-bond acceptors (Lipinski definition) is 3. The number of aldehydes is 1. The first-order valence-electron chi connectivity index (χ1n) is 5.97. The largest absolute Gasteiger partial charge is 0.381 e. The first kappa shape index (κ1) is 12.7. The van der Waals surface area contributed by atoms with Crippen molar-refractivity contribution < 1.29 is 9.53 Å². The number of rotatable bonds is 2. The Balaban J connectivity index is 0.000000151. The molecule has 2 atom stereocenters. The molecule has 2 fully saturated rings. The second kappa shape index (κ2) is 6.96. The van der Waals surface area contributed by atoms with Gasteiger partial charge in [0.1, 0.15) is 6.29 Å². The topological polar surface area (TPSA) is 38.3 Å². The molecule has 0 bridgehead atoms. The molecule has 2 heterocycles. The van der Waals surface area contributed by atoms with Gasteiger partial charge in [-0.25, -0.2) is 0 Å². The first-order valence-corrected chi connectivity index (χ1v) is 5.97. The van der Waals surface area contributed by atoms with E-state index in [-0.39, 0.29) is 5.92 Å². The summed E-state index contributed by atoms with van der Waals surface area (Å²) in [5, 5.41) is 3.35. The second-order valence-corrected chi connectivity index (χ2v) is 4.76. The van der Waals surface area contributed by atoms with E-state index in [1.807, 2.05) is 0 Å². The van der Waals surface area contributed by atoms with Crippen LogP contribution in [-0.2, 0) is 9.53 Å². The highest BCUT2D eigenvalue weighted by atomic mass is 16.5. The van der Waals surface area contributed by atoms with E-state index in [1.54, 1.807) is 0 Å². The molecular formula is C12H23NO2.